The number of amides is 2. The molecule has 0 aromatic rings. The van der Waals surface area contributed by atoms with Crippen molar-refractivity contribution < 1.29 is 24.2 Å². The van der Waals surface area contributed by atoms with Crippen molar-refractivity contribution in [3.63, 3.8) is 0 Å². The Labute approximate surface area is 111 Å². The molecule has 2 atom stereocenters. The topological polar surface area (TPSA) is 83.9 Å². The van der Waals surface area contributed by atoms with Gasteiger partial charge in [0.1, 0.15) is 6.61 Å². The van der Waals surface area contributed by atoms with Crippen molar-refractivity contribution in [2.45, 2.75) is 26.2 Å². The minimum Gasteiger partial charge on any atom is -0.480 e. The van der Waals surface area contributed by atoms with Gasteiger partial charge >= 0.3 is 5.97 Å². The fraction of sp³-hybridized carbons (Fsp3) is 0.769. The molecule has 1 N–H and O–H groups in total. The number of likely N-dealkylation sites (tertiary alicyclic amines) is 1. The molecule has 2 amide bonds. The Bertz CT molecular complexity index is 370. The van der Waals surface area contributed by atoms with Crippen LogP contribution in [-0.4, -0.2) is 47.5 Å². The second-order valence-corrected chi connectivity index (χ2v) is 5.23. The number of carbonyl (C=O) groups is 3. The number of carboxylic acids is 1. The quantitative estimate of drug-likeness (QED) is 0.561. The Hall–Kier alpha value is -1.43. The Kier molecular flexibility index (Phi) is 4.19. The molecule has 1 aliphatic carbocycles. The molecule has 1 aliphatic heterocycles. The first-order chi connectivity index (χ1) is 9.04. The third-order valence-corrected chi connectivity index (χ3v) is 4.09. The minimum atomic E-state index is -1.05. The molecular formula is C13H19NO5. The van der Waals surface area contributed by atoms with Crippen LogP contribution in [0.1, 0.15) is 26.2 Å². The van der Waals surface area contributed by atoms with Crippen molar-refractivity contribution in [2.24, 2.45) is 17.8 Å². The second kappa shape index (κ2) is 5.69. The number of rotatable bonds is 6. The molecular weight excluding hydrogens is 250 g/mol. The van der Waals surface area contributed by atoms with Crippen LogP contribution < -0.4 is 0 Å². The smallest absolute Gasteiger partial charge is 0.329 e. The number of hydrogen-bond acceptors (Lipinski definition) is 4. The summed E-state index contributed by atoms with van der Waals surface area (Å²) in [6.07, 6.45) is 2.62. The molecule has 0 bridgehead atoms. The molecule has 2 rings (SSSR count). The highest BCUT2D eigenvalue weighted by Crippen LogP contribution is 2.44. The second-order valence-electron chi connectivity index (χ2n) is 5.23. The fourth-order valence-electron chi connectivity index (χ4n) is 3.07. The van der Waals surface area contributed by atoms with Crippen molar-refractivity contribution in [1.29, 1.82) is 0 Å². The van der Waals surface area contributed by atoms with Gasteiger partial charge in [-0.2, -0.15) is 0 Å². The highest BCUT2D eigenvalue weighted by atomic mass is 16.5. The van der Waals surface area contributed by atoms with Gasteiger partial charge in [0.25, 0.3) is 0 Å². The van der Waals surface area contributed by atoms with Gasteiger partial charge in [-0.3, -0.25) is 14.5 Å². The maximum atomic E-state index is 12.1. The minimum absolute atomic E-state index is 0.0838. The van der Waals surface area contributed by atoms with E-state index >= 15 is 0 Å². The molecule has 1 saturated heterocycles. The van der Waals surface area contributed by atoms with E-state index in [9.17, 15) is 14.4 Å². The lowest BCUT2D eigenvalue weighted by atomic mass is 10.00. The summed E-state index contributed by atoms with van der Waals surface area (Å²) < 4.78 is 4.87. The van der Waals surface area contributed by atoms with Gasteiger partial charge < -0.3 is 9.84 Å². The van der Waals surface area contributed by atoms with E-state index in [0.717, 1.165) is 19.3 Å². The van der Waals surface area contributed by atoms with E-state index in [1.165, 1.54) is 4.90 Å². The van der Waals surface area contributed by atoms with E-state index in [0.29, 0.717) is 5.92 Å². The van der Waals surface area contributed by atoms with E-state index in [2.05, 4.69) is 6.92 Å². The Morgan fingerprint density at radius 2 is 1.89 bits per heavy atom. The van der Waals surface area contributed by atoms with Crippen LogP contribution in [-0.2, 0) is 19.1 Å². The van der Waals surface area contributed by atoms with Gasteiger partial charge in [-0.25, -0.2) is 4.79 Å². The van der Waals surface area contributed by atoms with Crippen molar-refractivity contribution in [1.82, 2.24) is 4.90 Å². The maximum Gasteiger partial charge on any atom is 0.329 e. The van der Waals surface area contributed by atoms with Crippen LogP contribution in [0, 0.1) is 17.8 Å². The largest absolute Gasteiger partial charge is 0.480 e. The normalized spacial score (nSPS) is 29.9. The maximum absolute atomic E-state index is 12.1. The highest BCUT2D eigenvalue weighted by Gasteiger charge is 2.51. The number of carboxylic acid groups (broad SMARTS) is 1. The van der Waals surface area contributed by atoms with Crippen molar-refractivity contribution in [3.05, 3.63) is 0 Å². The lowest BCUT2D eigenvalue weighted by molar-refractivity contribution is -0.143. The summed E-state index contributed by atoms with van der Waals surface area (Å²) in [5.74, 6) is -1.10. The average molecular weight is 269 g/mol. The molecule has 0 aromatic carbocycles. The number of imide groups is 1. The first-order valence-electron chi connectivity index (χ1n) is 6.69. The molecule has 6 heteroatoms. The van der Waals surface area contributed by atoms with E-state index in [1.54, 1.807) is 0 Å². The van der Waals surface area contributed by atoms with Crippen molar-refractivity contribution >= 4 is 17.8 Å². The van der Waals surface area contributed by atoms with Gasteiger partial charge in [-0.05, 0) is 18.8 Å². The molecule has 6 nitrogen and oxygen atoms in total. The number of fused-ring (bicyclic) bond motifs is 1. The molecule has 0 spiro atoms. The van der Waals surface area contributed by atoms with E-state index in [1.807, 2.05) is 0 Å². The van der Waals surface area contributed by atoms with E-state index < -0.39 is 12.6 Å². The zero-order valence-corrected chi connectivity index (χ0v) is 11.0. The summed E-state index contributed by atoms with van der Waals surface area (Å²) in [7, 11) is 0. The standard InChI is InChI=1S/C13H19NO5/c1-2-8-5-9-10(6-8)13(18)14(12(9)17)3-4-19-7-11(15)16/h8-10H,2-7H2,1H3,(H,15,16). The molecule has 1 heterocycles. The van der Waals surface area contributed by atoms with Gasteiger partial charge in [0.2, 0.25) is 11.8 Å². The zero-order chi connectivity index (χ0) is 14.0. The van der Waals surface area contributed by atoms with E-state index in [-0.39, 0.29) is 36.8 Å². The van der Waals surface area contributed by atoms with Crippen LogP contribution in [0.25, 0.3) is 0 Å². The molecule has 1 saturated carbocycles. The summed E-state index contributed by atoms with van der Waals surface area (Å²) in [4.78, 5) is 35.8. The summed E-state index contributed by atoms with van der Waals surface area (Å²) in [6.45, 7) is 1.92. The predicted molar refractivity (Wildman–Crippen MR) is 65.2 cm³/mol. The highest BCUT2D eigenvalue weighted by molar-refractivity contribution is 6.05. The molecule has 0 aromatic heterocycles. The molecule has 19 heavy (non-hydrogen) atoms. The van der Waals surface area contributed by atoms with Gasteiger partial charge in [-0.1, -0.05) is 13.3 Å². The SMILES string of the molecule is CCC1CC2C(=O)N(CCOCC(=O)O)C(=O)C2C1. The monoisotopic (exact) mass is 269 g/mol. The predicted octanol–water partition coefficient (Wildman–Crippen LogP) is 0.509. The number of hydrogen-bond donors (Lipinski definition) is 1. The van der Waals surface area contributed by atoms with Crippen molar-refractivity contribution in [3.8, 4) is 0 Å². The van der Waals surface area contributed by atoms with Gasteiger partial charge in [0, 0.05) is 0 Å². The van der Waals surface area contributed by atoms with Crippen molar-refractivity contribution in [2.75, 3.05) is 19.8 Å². The first kappa shape index (κ1) is 14.0. The Balaban J connectivity index is 1.86. The molecule has 2 aliphatic rings. The fourth-order valence-corrected chi connectivity index (χ4v) is 3.07. The van der Waals surface area contributed by atoms with Crippen LogP contribution in [0.15, 0.2) is 0 Å². The summed E-state index contributed by atoms with van der Waals surface area (Å²) in [5.41, 5.74) is 0. The molecule has 2 fully saturated rings. The molecule has 2 unspecified atom stereocenters. The van der Waals surface area contributed by atoms with Crippen LogP contribution in [0.5, 0.6) is 0 Å². The lowest BCUT2D eigenvalue weighted by Crippen LogP contribution is -2.35. The van der Waals surface area contributed by atoms with Crippen LogP contribution >= 0.6 is 0 Å². The zero-order valence-electron chi connectivity index (χ0n) is 11.0. The Morgan fingerprint density at radius 1 is 1.32 bits per heavy atom. The number of ether oxygens (including phenoxy) is 1. The average Bonchev–Trinajstić information content (AvgIpc) is 2.88. The number of carbonyl (C=O) groups excluding carboxylic acids is 2. The summed E-state index contributed by atoms with van der Waals surface area (Å²) in [5, 5.41) is 8.42. The molecule has 106 valence electrons. The van der Waals surface area contributed by atoms with Crippen LogP contribution in [0.3, 0.4) is 0 Å². The first-order valence-corrected chi connectivity index (χ1v) is 6.69. The van der Waals surface area contributed by atoms with Gasteiger partial charge in [-0.15, -0.1) is 0 Å². The van der Waals surface area contributed by atoms with E-state index in [4.69, 9.17) is 9.84 Å². The third-order valence-electron chi connectivity index (χ3n) is 4.09. The summed E-state index contributed by atoms with van der Waals surface area (Å²) in [6, 6.07) is 0. The number of aliphatic carboxylic acids is 1. The Morgan fingerprint density at radius 3 is 2.37 bits per heavy atom. The van der Waals surface area contributed by atoms with Crippen LogP contribution in [0.2, 0.25) is 0 Å². The van der Waals surface area contributed by atoms with Crippen LogP contribution in [0.4, 0.5) is 0 Å². The summed E-state index contributed by atoms with van der Waals surface area (Å²) >= 11 is 0. The number of nitrogens with zero attached hydrogens (tertiary/aromatic N) is 1. The van der Waals surface area contributed by atoms with Gasteiger partial charge in [0.15, 0.2) is 0 Å². The third kappa shape index (κ3) is 2.78. The van der Waals surface area contributed by atoms with Gasteiger partial charge in [0.05, 0.1) is 25.0 Å². The molecule has 0 radical (unpaired) electrons. The lowest BCUT2D eigenvalue weighted by Gasteiger charge is -2.17.